The molecule has 11 heteroatoms. The minimum atomic E-state index is -1.43. The number of hydrogen-bond acceptors (Lipinski definition) is 4. The molecule has 0 aliphatic heterocycles. The molecule has 2 heterocycles. The van der Waals surface area contributed by atoms with Gasteiger partial charge in [0, 0.05) is 65.2 Å². The molecule has 0 unspecified atom stereocenters. The van der Waals surface area contributed by atoms with Crippen molar-refractivity contribution in [2.24, 2.45) is 0 Å². The Bertz CT molecular complexity index is 6280. The van der Waals surface area contributed by atoms with E-state index in [4.69, 9.17) is 0 Å². The summed E-state index contributed by atoms with van der Waals surface area (Å²) in [5.74, 6) is 0. The molecule has 0 saturated heterocycles. The second kappa shape index (κ2) is 49.1. The van der Waals surface area contributed by atoms with E-state index < -0.39 is 38.8 Å². The third-order valence-corrected chi connectivity index (χ3v) is 34.1. The number of rotatable bonds is 16. The molecule has 131 heavy (non-hydrogen) atoms. The maximum Gasteiger partial charge on any atom is 0.489 e. The monoisotopic (exact) mass is 1950 g/mol. The maximum atomic E-state index is 9.22. The summed E-state index contributed by atoms with van der Waals surface area (Å²) in [4.78, 5) is 0. The third kappa shape index (κ3) is 25.3. The first kappa shape index (κ1) is 93.4. The van der Waals surface area contributed by atoms with Gasteiger partial charge in [-0.3, -0.25) is 0 Å². The SMILES string of the molecule is Brc1ccc2c(c1)sc1ccccc12.OB(O)c1ccccc1-c1ccccc1.[Pd].c1ccc(-c2ccccc2-c2ccc3c(c2)sc2ccccc23)cc1.c1ccc(P(c2ccccc2)c2ccccc2)cc1.c1ccc(P(c2ccccc2)c2ccccc2)cc1.c1ccc(P(c2ccccc2)c2ccccc2)cc1.c1ccc(P(c2ccccc2)c2ccccc2)cc1. The van der Waals surface area contributed by atoms with Crippen molar-refractivity contribution in [1.29, 1.82) is 0 Å². The van der Waals surface area contributed by atoms with Gasteiger partial charge in [0.15, 0.2) is 0 Å². The zero-order valence-electron chi connectivity index (χ0n) is 71.9. The molecule has 0 aliphatic rings. The van der Waals surface area contributed by atoms with E-state index in [1.54, 1.807) is 12.1 Å². The topological polar surface area (TPSA) is 40.5 Å². The fraction of sp³-hybridized carbons (Fsp3) is 0. The molecule has 0 radical (unpaired) electrons. The minimum absolute atomic E-state index is 0. The third-order valence-electron chi connectivity index (χ3n) is 21.5. The second-order valence-corrected chi connectivity index (χ2v) is 42.1. The van der Waals surface area contributed by atoms with Gasteiger partial charge in [0.1, 0.15) is 0 Å². The van der Waals surface area contributed by atoms with Crippen molar-refractivity contribution >= 4 is 187 Å². The van der Waals surface area contributed by atoms with Gasteiger partial charge in [0.05, 0.1) is 0 Å². The van der Waals surface area contributed by atoms with Gasteiger partial charge < -0.3 is 10.0 Å². The minimum Gasteiger partial charge on any atom is -0.423 e. The molecule has 2 nitrogen and oxygen atoms in total. The number of fused-ring (bicyclic) bond motifs is 6. The van der Waals surface area contributed by atoms with Gasteiger partial charge in [0.2, 0.25) is 0 Å². The molecule has 0 saturated carbocycles. The molecule has 2 N–H and O–H groups in total. The van der Waals surface area contributed by atoms with Crippen molar-refractivity contribution in [3.05, 3.63) is 563 Å². The Morgan fingerprint density at radius 1 is 0.176 bits per heavy atom. The number of halogens is 1. The first-order valence-electron chi connectivity index (χ1n) is 43.3. The van der Waals surface area contributed by atoms with Gasteiger partial charge in [-0.25, -0.2) is 0 Å². The van der Waals surface area contributed by atoms with Gasteiger partial charge in [-0.05, 0) is 165 Å². The van der Waals surface area contributed by atoms with Crippen molar-refractivity contribution in [3.63, 3.8) is 0 Å². The number of thiophene rings is 2. The molecule has 0 amide bonds. The van der Waals surface area contributed by atoms with Crippen LogP contribution in [0.25, 0.3) is 73.7 Å². The Balaban J connectivity index is 0.000000118. The molecule has 0 bridgehead atoms. The van der Waals surface area contributed by atoms with Crippen molar-refractivity contribution < 1.29 is 30.5 Å². The van der Waals surface area contributed by atoms with E-state index >= 15 is 0 Å². The fourth-order valence-corrected chi connectivity index (χ4v) is 27.5. The van der Waals surface area contributed by atoms with Crippen LogP contribution in [0.2, 0.25) is 0 Å². The van der Waals surface area contributed by atoms with Crippen LogP contribution in [-0.4, -0.2) is 17.2 Å². The molecule has 0 spiro atoms. The Hall–Kier alpha value is -12.3. The van der Waals surface area contributed by atoms with Crippen LogP contribution in [0.15, 0.2) is 563 Å². The van der Waals surface area contributed by atoms with Crippen molar-refractivity contribution in [1.82, 2.24) is 0 Å². The Morgan fingerprint density at radius 2 is 0.374 bits per heavy atom. The summed E-state index contributed by atoms with van der Waals surface area (Å²) in [5, 5.41) is 40.6. The van der Waals surface area contributed by atoms with Crippen LogP contribution in [0.5, 0.6) is 0 Å². The van der Waals surface area contributed by atoms with E-state index in [-0.39, 0.29) is 20.4 Å². The van der Waals surface area contributed by atoms with E-state index in [0.29, 0.717) is 5.46 Å². The fourth-order valence-electron chi connectivity index (χ4n) is 15.5. The average Bonchev–Trinajstić information content (AvgIpc) is 1.64. The summed E-state index contributed by atoms with van der Waals surface area (Å²) in [6, 6.07) is 196. The zero-order valence-corrected chi connectivity index (χ0v) is 80.2. The largest absolute Gasteiger partial charge is 0.489 e. The molecular formula is C120H94BBrO2P4PdS2. The summed E-state index contributed by atoms with van der Waals surface area (Å²) in [6.07, 6.45) is 0. The van der Waals surface area contributed by atoms with Crippen molar-refractivity contribution in [3.8, 4) is 33.4 Å². The van der Waals surface area contributed by atoms with E-state index in [9.17, 15) is 10.0 Å². The second-order valence-electron chi connectivity index (χ2n) is 30.2. The van der Waals surface area contributed by atoms with E-state index in [1.165, 1.54) is 126 Å². The molecule has 0 atom stereocenters. The summed E-state index contributed by atoms with van der Waals surface area (Å²) in [7, 11) is -3.21. The quantitative estimate of drug-likeness (QED) is 0.0748. The van der Waals surface area contributed by atoms with Crippen LogP contribution in [0.4, 0.5) is 0 Å². The van der Waals surface area contributed by atoms with Crippen LogP contribution in [0, 0.1) is 0 Å². The van der Waals surface area contributed by atoms with E-state index in [1.807, 2.05) is 65.1 Å². The molecule has 2 aromatic heterocycles. The van der Waals surface area contributed by atoms with Gasteiger partial charge in [-0.2, -0.15) is 0 Å². The van der Waals surface area contributed by atoms with Crippen molar-refractivity contribution in [2.75, 3.05) is 0 Å². The van der Waals surface area contributed by atoms with Crippen molar-refractivity contribution in [2.45, 2.75) is 0 Å². The molecule has 638 valence electrons. The first-order valence-corrected chi connectivity index (χ1v) is 51.1. The van der Waals surface area contributed by atoms with Crippen LogP contribution in [0.3, 0.4) is 0 Å². The number of benzene rings is 20. The summed E-state index contributed by atoms with van der Waals surface area (Å²) < 4.78 is 6.56. The smallest absolute Gasteiger partial charge is 0.423 e. The van der Waals surface area contributed by atoms with Crippen LogP contribution in [0.1, 0.15) is 0 Å². The standard InChI is InChI=1S/C24H16S.4C18H15P.C12H11BO2.C12H7BrS.Pd/c1-2-8-17(9-3-1)19-10-4-5-11-20(19)18-14-15-22-21-12-6-7-13-23(21)25-24(22)16-18;4*1-4-10-16(11-5-1)19(17-12-6-2-7-13-17)18-14-8-3-9-15-18;14-13(15)12-9-5-4-8-11(12)10-6-2-1-3-7-10;13-8-5-6-10-9-3-1-2-4-11(9)14-12(10)7-8;/h1-16H;4*1-15H;1-9,14-15H;1-7H;. The number of hydrogen-bond donors (Lipinski definition) is 2. The predicted octanol–water partition coefficient (Wildman–Crippen LogP) is 27.0. The normalized spacial score (nSPS) is 10.6. The summed E-state index contributed by atoms with van der Waals surface area (Å²) in [5.41, 5.74) is 7.47. The molecular weight excluding hydrogens is 1860 g/mol. The maximum absolute atomic E-state index is 9.22. The molecule has 22 rings (SSSR count). The van der Waals surface area contributed by atoms with Gasteiger partial charge in [-0.1, -0.05) is 544 Å². The van der Waals surface area contributed by atoms with E-state index in [0.717, 1.165) is 15.6 Å². The van der Waals surface area contributed by atoms with Crippen LogP contribution < -0.4 is 69.1 Å². The molecule has 20 aromatic carbocycles. The molecule has 22 aromatic rings. The predicted molar refractivity (Wildman–Crippen MR) is 580 cm³/mol. The Kier molecular flexibility index (Phi) is 35.0. The van der Waals surface area contributed by atoms with Gasteiger partial charge >= 0.3 is 7.12 Å². The van der Waals surface area contributed by atoms with Gasteiger partial charge in [0.25, 0.3) is 0 Å². The molecule has 0 fully saturated rings. The Labute approximate surface area is 806 Å². The summed E-state index contributed by atoms with van der Waals surface area (Å²) in [6.45, 7) is 0. The zero-order chi connectivity index (χ0) is 88.5. The Morgan fingerprint density at radius 3 is 0.649 bits per heavy atom. The average molecular weight is 1950 g/mol. The molecule has 0 aliphatic carbocycles. The van der Waals surface area contributed by atoms with Crippen LogP contribution in [-0.2, 0) is 20.4 Å². The summed E-state index contributed by atoms with van der Waals surface area (Å²) >= 11 is 7.21. The van der Waals surface area contributed by atoms with E-state index in [2.05, 4.69) is 519 Å². The van der Waals surface area contributed by atoms with Gasteiger partial charge in [-0.15, -0.1) is 22.7 Å². The first-order chi connectivity index (χ1) is 64.3. The van der Waals surface area contributed by atoms with Crippen LogP contribution >= 0.6 is 70.3 Å².